The lowest BCUT2D eigenvalue weighted by molar-refractivity contribution is -0.398. The van der Waals surface area contributed by atoms with Crippen LogP contribution in [0.2, 0.25) is 0 Å². The smallest absolute Gasteiger partial charge is 0.217 e. The summed E-state index contributed by atoms with van der Waals surface area (Å²) in [6.07, 6.45) is -97.7. The Kier molecular flexibility index (Phi) is 34.3. The molecule has 10 heterocycles. The molecule has 0 radical (unpaired) electrons. The quantitative estimate of drug-likeness (QED) is 0.0331. The third-order valence-corrected chi connectivity index (χ3v) is 22.0. The van der Waals surface area contributed by atoms with Crippen molar-refractivity contribution < 1.29 is 242 Å². The predicted molar refractivity (Wildman–Crippen MR) is 362 cm³/mol. The van der Waals surface area contributed by atoms with Crippen molar-refractivity contribution in [1.29, 1.82) is 0 Å². The molecule has 10 aliphatic heterocycles. The maximum Gasteiger partial charge on any atom is 0.217 e. The molecule has 0 bridgehead atoms. The maximum absolute atomic E-state index is 13.7. The molecule has 118 heavy (non-hydrogen) atoms. The van der Waals surface area contributed by atoms with Gasteiger partial charge in [0, 0.05) is 20.8 Å². The SMILES string of the molecule is CC(=O)N[C@H]1[C@H](OC[C@H]2O[C@@H](O[C@H]3[C@H](O)[C@@H](NC(C)=O)C(O)O[C@@H]3CO)[C@H](O)[C@@H](O[C@@H]3O[C@H](CO)[C@@H](O[C@@H]4O[C@H](CO)[C@H](O)[C@H](O[C@H]5O[C@H](CO)[C@H](O)[C@H](O)[C@H]5O)[C@H]4O)[C@H](O[C@@H]4O[C@@H](C)[C@@H](O)[C@@H](O)[C@@H]4O)[C@H]3NC(C)=O)[C@H]2O)O[C@H](CO)[C@@H](O[C@@H]2O[C@H](CO)[C@H](O)[C@H](O[C@H]3O[C@H](CO)[C@H](O)[C@H](O)[C@H]3O)[C@H]2O)[C@@H]1O[C@@H]1O[C@@H](C)[C@@H](O)[C@@H](O)[C@@H]1O. The second-order valence-electron chi connectivity index (χ2n) is 30.2. The molecule has 0 saturated carbocycles. The summed E-state index contributed by atoms with van der Waals surface area (Å²) in [6.45, 7) is -3.81. The average molecular weight is 1730 g/mol. The van der Waals surface area contributed by atoms with Crippen LogP contribution in [0.15, 0.2) is 0 Å². The fraction of sp³-hybridized carbons (Fsp3) is 0.955. The van der Waals surface area contributed by atoms with Crippen LogP contribution >= 0.6 is 0 Å². The first kappa shape index (κ1) is 96.8. The highest BCUT2D eigenvalue weighted by Gasteiger charge is 2.62. The molecule has 0 aliphatic carbocycles. The first-order valence-electron chi connectivity index (χ1n) is 37.9. The molecule has 50 atom stereocenters. The fourth-order valence-electron chi connectivity index (χ4n) is 15.4. The van der Waals surface area contributed by atoms with Gasteiger partial charge in [0.15, 0.2) is 62.9 Å². The van der Waals surface area contributed by atoms with Crippen LogP contribution in [-0.2, 0) is 104 Å². The Bertz CT molecular complexity index is 3140. The summed E-state index contributed by atoms with van der Waals surface area (Å²) < 4.78 is 114. The van der Waals surface area contributed by atoms with E-state index in [9.17, 15) is 152 Å². The van der Waals surface area contributed by atoms with E-state index >= 15 is 0 Å². The number of hydrogen-bond donors (Lipinski definition) is 30. The van der Waals surface area contributed by atoms with Crippen molar-refractivity contribution >= 4 is 17.7 Å². The minimum absolute atomic E-state index is 0.866. The van der Waals surface area contributed by atoms with Crippen molar-refractivity contribution in [1.82, 2.24) is 16.0 Å². The van der Waals surface area contributed by atoms with Gasteiger partial charge in [-0.2, -0.15) is 0 Å². The highest BCUT2D eigenvalue weighted by molar-refractivity contribution is 5.74. The molecule has 10 aliphatic rings. The van der Waals surface area contributed by atoms with Crippen molar-refractivity contribution in [3.63, 3.8) is 0 Å². The zero-order chi connectivity index (χ0) is 86.8. The Morgan fingerprint density at radius 1 is 0.237 bits per heavy atom. The highest BCUT2D eigenvalue weighted by Crippen LogP contribution is 2.42. The molecule has 30 N–H and O–H groups in total. The molecule has 0 aromatic carbocycles. The zero-order valence-corrected chi connectivity index (χ0v) is 63.6. The molecule has 1 unspecified atom stereocenters. The van der Waals surface area contributed by atoms with Gasteiger partial charge in [0.2, 0.25) is 17.7 Å². The summed E-state index contributed by atoms with van der Waals surface area (Å²) >= 11 is 0. The number of rotatable bonds is 29. The van der Waals surface area contributed by atoms with Crippen LogP contribution in [-0.4, -0.2) is 515 Å². The third-order valence-electron chi connectivity index (χ3n) is 22.0. The van der Waals surface area contributed by atoms with E-state index in [4.69, 9.17) is 90.0 Å². The Labute approximate surface area is 668 Å². The van der Waals surface area contributed by atoms with Crippen LogP contribution < -0.4 is 16.0 Å². The number of ether oxygens (including phenoxy) is 19. The number of amides is 3. The van der Waals surface area contributed by atoms with E-state index in [0.29, 0.717) is 0 Å². The van der Waals surface area contributed by atoms with Crippen LogP contribution in [0.25, 0.3) is 0 Å². The van der Waals surface area contributed by atoms with Crippen LogP contribution in [0.1, 0.15) is 34.6 Å². The number of nitrogens with one attached hydrogen (secondary N) is 3. The molecule has 684 valence electrons. The summed E-state index contributed by atoms with van der Waals surface area (Å²) in [4.78, 5) is 39.8. The topological polar surface area (TPSA) is 809 Å². The van der Waals surface area contributed by atoms with Gasteiger partial charge in [0.05, 0.1) is 65.1 Å². The standard InChI is InChI=1S/C66H111N3O49/c1-14-30(80)38(88)42(92)60(101-14)114-52-28(68-17(4)78)58(108-24(11-75)50(52)112-64-46(96)54(34(84)21(8-72)106-64)117-62-44(94)40(90)32(82)19(6-70)104-62)100-13-26-36(86)56(48(98)66(110-26)111-49-23(10-74)103-57(99)27(37(49)87)67-16(3)77)116-59-29(69-18(5)79)53(115-61-43(93)39(89)31(81)15(2)102-61)51(25(12-76)109-59)113-65-47(97)55(35(85)22(9-73)107-65)118-63-45(95)41(91)33(83)20(7-71)105-63/h14-15,19-66,70-76,80-99H,6-13H2,1-5H3,(H,67,77)(H,68,78)(H,69,79)/t14-,15-,19+,20+,21+,22+,23+,24+,25+,26+,27+,28+,29+,30+,31+,32-,33-,34-,35-,36-,37+,38+,39+,40-,41-,42-,43-,44+,45+,46+,47+,48+,49+,50+,51+,52+,53+,54-,55-,56-,57?,58+,59-,60-,61-,62+,63+,64-,65-,66-/m0/s1. The van der Waals surface area contributed by atoms with E-state index in [-0.39, 0.29) is 0 Å². The lowest BCUT2D eigenvalue weighted by Gasteiger charge is -2.52. The number of aliphatic hydroxyl groups excluding tert-OH is 27. The Balaban J connectivity index is 1.01. The van der Waals surface area contributed by atoms with E-state index < -0.39 is 377 Å². The largest absolute Gasteiger partial charge is 0.394 e. The predicted octanol–water partition coefficient (Wildman–Crippen LogP) is -20.3. The molecule has 0 aromatic rings. The van der Waals surface area contributed by atoms with E-state index in [0.717, 1.165) is 20.8 Å². The Morgan fingerprint density at radius 2 is 0.492 bits per heavy atom. The summed E-state index contributed by atoms with van der Waals surface area (Å²) in [5.41, 5.74) is 0. The van der Waals surface area contributed by atoms with Gasteiger partial charge >= 0.3 is 0 Å². The van der Waals surface area contributed by atoms with Gasteiger partial charge in [-0.15, -0.1) is 0 Å². The maximum atomic E-state index is 13.7. The molecular weight excluding hydrogens is 1620 g/mol. The first-order chi connectivity index (χ1) is 55.8. The Hall–Kier alpha value is -3.43. The third kappa shape index (κ3) is 20.8. The van der Waals surface area contributed by atoms with Gasteiger partial charge in [-0.25, -0.2) is 0 Å². The van der Waals surface area contributed by atoms with Crippen molar-refractivity contribution in [2.75, 3.05) is 52.9 Å². The molecule has 0 spiro atoms. The second-order valence-corrected chi connectivity index (χ2v) is 30.2. The molecule has 52 heteroatoms. The van der Waals surface area contributed by atoms with Crippen LogP contribution in [0.3, 0.4) is 0 Å². The van der Waals surface area contributed by atoms with Crippen molar-refractivity contribution in [2.45, 2.75) is 341 Å². The minimum Gasteiger partial charge on any atom is -0.394 e. The number of carbonyl (C=O) groups is 3. The van der Waals surface area contributed by atoms with Gasteiger partial charge in [0.1, 0.15) is 232 Å². The van der Waals surface area contributed by atoms with E-state index in [1.165, 1.54) is 13.8 Å². The van der Waals surface area contributed by atoms with E-state index in [1.54, 1.807) is 0 Å². The lowest BCUT2D eigenvalue weighted by atomic mass is 9.93. The highest BCUT2D eigenvalue weighted by atomic mass is 16.8. The monoisotopic (exact) mass is 1730 g/mol. The summed E-state index contributed by atoms with van der Waals surface area (Å²) in [7, 11) is 0. The molecule has 52 nitrogen and oxygen atoms in total. The van der Waals surface area contributed by atoms with Crippen LogP contribution in [0, 0.1) is 0 Å². The second kappa shape index (κ2) is 41.8. The molecule has 3 amide bonds. The Morgan fingerprint density at radius 3 is 0.856 bits per heavy atom. The van der Waals surface area contributed by atoms with Gasteiger partial charge in [-0.3, -0.25) is 14.4 Å². The molecule has 10 fully saturated rings. The van der Waals surface area contributed by atoms with Gasteiger partial charge in [-0.1, -0.05) is 0 Å². The number of aliphatic hydroxyl groups is 27. The van der Waals surface area contributed by atoms with Gasteiger partial charge < -0.3 is 244 Å². The van der Waals surface area contributed by atoms with Gasteiger partial charge in [0.25, 0.3) is 0 Å². The van der Waals surface area contributed by atoms with Crippen LogP contribution in [0.5, 0.6) is 0 Å². The molecular formula is C66H111N3O49. The molecule has 10 saturated heterocycles. The van der Waals surface area contributed by atoms with E-state index in [1.807, 2.05) is 0 Å². The van der Waals surface area contributed by atoms with Crippen molar-refractivity contribution in [3.05, 3.63) is 0 Å². The van der Waals surface area contributed by atoms with Crippen LogP contribution in [0.4, 0.5) is 0 Å². The minimum atomic E-state index is -2.54. The number of carbonyl (C=O) groups excluding carboxylic acids is 3. The summed E-state index contributed by atoms with van der Waals surface area (Å²) in [5.74, 6) is -2.93. The average Bonchev–Trinajstić information content (AvgIpc) is 0.761. The fourth-order valence-corrected chi connectivity index (χ4v) is 15.4. The lowest BCUT2D eigenvalue weighted by Crippen LogP contribution is -2.72. The summed E-state index contributed by atoms with van der Waals surface area (Å²) in [5, 5.41) is 307. The number of hydrogen-bond acceptors (Lipinski definition) is 49. The van der Waals surface area contributed by atoms with Crippen molar-refractivity contribution in [3.8, 4) is 0 Å². The molecule has 10 rings (SSSR count). The van der Waals surface area contributed by atoms with Crippen molar-refractivity contribution in [2.24, 2.45) is 0 Å². The van der Waals surface area contributed by atoms with Gasteiger partial charge in [-0.05, 0) is 13.8 Å². The normalized spacial score (nSPS) is 51.1. The molecule has 0 aromatic heterocycles. The zero-order valence-electron chi connectivity index (χ0n) is 63.6. The summed E-state index contributed by atoms with van der Waals surface area (Å²) in [6, 6.07) is -5.92. The van der Waals surface area contributed by atoms with E-state index in [2.05, 4.69) is 16.0 Å². The first-order valence-corrected chi connectivity index (χ1v) is 37.9.